The lowest BCUT2D eigenvalue weighted by atomic mass is 10.1. The van der Waals surface area contributed by atoms with E-state index in [-0.39, 0.29) is 17.7 Å². The van der Waals surface area contributed by atoms with E-state index in [0.717, 1.165) is 22.8 Å². The summed E-state index contributed by atoms with van der Waals surface area (Å²) in [7, 11) is 3.92. The highest BCUT2D eigenvalue weighted by Gasteiger charge is 2.35. The second kappa shape index (κ2) is 10.4. The maximum absolute atomic E-state index is 13.7. The second-order valence-corrected chi connectivity index (χ2v) is 9.03. The van der Waals surface area contributed by atoms with Gasteiger partial charge < -0.3 is 19.9 Å². The van der Waals surface area contributed by atoms with E-state index in [1.807, 2.05) is 71.0 Å². The van der Waals surface area contributed by atoms with E-state index in [0.29, 0.717) is 43.4 Å². The van der Waals surface area contributed by atoms with E-state index in [2.05, 4.69) is 20.2 Å². The Morgan fingerprint density at radius 3 is 2.60 bits per heavy atom. The maximum atomic E-state index is 13.7. The topological polar surface area (TPSA) is 88.4 Å². The second-order valence-electron chi connectivity index (χ2n) is 9.03. The zero-order valence-electron chi connectivity index (χ0n) is 21.4. The molecule has 1 saturated heterocycles. The molecule has 186 valence electrons. The third-order valence-corrected chi connectivity index (χ3v) is 6.41. The first-order chi connectivity index (χ1) is 16.8. The zero-order chi connectivity index (χ0) is 25.1. The predicted molar refractivity (Wildman–Crippen MR) is 140 cm³/mol. The summed E-state index contributed by atoms with van der Waals surface area (Å²) in [4.78, 5) is 31.7. The SMILES string of the molecule is CCOC1CN(c2ccccn2)CC1Nc1c(C)nc(-c2cnc(N(C)C)cc2C)n(CC)c1=O. The average Bonchev–Trinajstić information content (AvgIpc) is 3.24. The van der Waals surface area contributed by atoms with Crippen molar-refractivity contribution in [3.63, 3.8) is 0 Å². The molecule has 9 heteroatoms. The molecule has 0 spiro atoms. The number of nitrogens with zero attached hydrogens (tertiary/aromatic N) is 6. The number of nitrogens with one attached hydrogen (secondary N) is 1. The summed E-state index contributed by atoms with van der Waals surface area (Å²) >= 11 is 0. The van der Waals surface area contributed by atoms with Gasteiger partial charge >= 0.3 is 0 Å². The minimum atomic E-state index is -0.0855. The van der Waals surface area contributed by atoms with E-state index >= 15 is 0 Å². The van der Waals surface area contributed by atoms with Crippen LogP contribution in [0.3, 0.4) is 0 Å². The monoisotopic (exact) mass is 477 g/mol. The van der Waals surface area contributed by atoms with Gasteiger partial charge in [0.15, 0.2) is 0 Å². The summed E-state index contributed by atoms with van der Waals surface area (Å²) < 4.78 is 7.76. The Morgan fingerprint density at radius 1 is 1.17 bits per heavy atom. The maximum Gasteiger partial charge on any atom is 0.277 e. The highest BCUT2D eigenvalue weighted by atomic mass is 16.5. The molecule has 1 aliphatic rings. The summed E-state index contributed by atoms with van der Waals surface area (Å²) in [5.41, 5.74) is 2.98. The molecular formula is C26H35N7O2. The fourth-order valence-corrected chi connectivity index (χ4v) is 4.55. The Kier molecular flexibility index (Phi) is 7.35. The summed E-state index contributed by atoms with van der Waals surface area (Å²) in [6, 6.07) is 7.83. The number of hydrogen-bond acceptors (Lipinski definition) is 8. The van der Waals surface area contributed by atoms with Crippen LogP contribution in [0.15, 0.2) is 41.5 Å². The lowest BCUT2D eigenvalue weighted by molar-refractivity contribution is 0.0720. The molecule has 0 saturated carbocycles. The van der Waals surface area contributed by atoms with Crippen molar-refractivity contribution in [1.29, 1.82) is 0 Å². The van der Waals surface area contributed by atoms with E-state index in [1.54, 1.807) is 17.0 Å². The normalized spacial score (nSPS) is 17.6. The van der Waals surface area contributed by atoms with Gasteiger partial charge in [0.1, 0.15) is 23.1 Å². The number of rotatable bonds is 8. The summed E-state index contributed by atoms with van der Waals surface area (Å²) in [6.45, 7) is 10.4. The molecule has 1 aliphatic heterocycles. The number of aromatic nitrogens is 4. The molecule has 3 aromatic heterocycles. The van der Waals surface area contributed by atoms with Gasteiger partial charge in [-0.1, -0.05) is 6.07 Å². The van der Waals surface area contributed by atoms with Gasteiger partial charge in [0.25, 0.3) is 5.56 Å². The van der Waals surface area contributed by atoms with Gasteiger partial charge in [0.2, 0.25) is 0 Å². The molecule has 0 amide bonds. The van der Waals surface area contributed by atoms with E-state index < -0.39 is 0 Å². The molecule has 2 atom stereocenters. The van der Waals surface area contributed by atoms with Crippen molar-refractivity contribution < 1.29 is 4.74 Å². The number of hydrogen-bond donors (Lipinski definition) is 1. The molecule has 2 unspecified atom stereocenters. The molecule has 0 radical (unpaired) electrons. The lowest BCUT2D eigenvalue weighted by Crippen LogP contribution is -2.38. The van der Waals surface area contributed by atoms with Gasteiger partial charge in [-0.15, -0.1) is 0 Å². The predicted octanol–water partition coefficient (Wildman–Crippen LogP) is 3.11. The van der Waals surface area contributed by atoms with Gasteiger partial charge in [-0.3, -0.25) is 9.36 Å². The molecule has 4 heterocycles. The van der Waals surface area contributed by atoms with Crippen molar-refractivity contribution in [1.82, 2.24) is 19.5 Å². The molecule has 1 fully saturated rings. The lowest BCUT2D eigenvalue weighted by Gasteiger charge is -2.23. The highest BCUT2D eigenvalue weighted by Crippen LogP contribution is 2.26. The Bertz CT molecular complexity index is 1230. The van der Waals surface area contributed by atoms with Gasteiger partial charge in [0.05, 0.1) is 17.8 Å². The largest absolute Gasteiger partial charge is 0.374 e. The fraction of sp³-hybridized carbons (Fsp3) is 0.462. The molecule has 3 aromatic rings. The first kappa shape index (κ1) is 24.7. The first-order valence-corrected chi connectivity index (χ1v) is 12.1. The van der Waals surface area contributed by atoms with E-state index in [4.69, 9.17) is 9.72 Å². The quantitative estimate of drug-likeness (QED) is 0.530. The van der Waals surface area contributed by atoms with Crippen molar-refractivity contribution in [3.05, 3.63) is 58.3 Å². The Balaban J connectivity index is 1.68. The van der Waals surface area contributed by atoms with Crippen LogP contribution in [0.25, 0.3) is 11.4 Å². The van der Waals surface area contributed by atoms with Crippen molar-refractivity contribution in [2.24, 2.45) is 0 Å². The average molecular weight is 478 g/mol. The standard InChI is InChI=1S/C26H35N7O2/c1-7-33-25(19-14-28-23(31(5)6)13-17(19)3)29-18(4)24(26(33)34)30-20-15-32(16-21(20)35-8-2)22-11-9-10-12-27-22/h9-14,20-21,30H,7-8,15-16H2,1-6H3. The van der Waals surface area contributed by atoms with Crippen molar-refractivity contribution in [3.8, 4) is 11.4 Å². The smallest absolute Gasteiger partial charge is 0.277 e. The van der Waals surface area contributed by atoms with E-state index in [9.17, 15) is 4.79 Å². The van der Waals surface area contributed by atoms with Crippen LogP contribution in [0.4, 0.5) is 17.3 Å². The van der Waals surface area contributed by atoms with Crippen LogP contribution < -0.4 is 20.7 Å². The van der Waals surface area contributed by atoms with Crippen LogP contribution in [-0.4, -0.2) is 65.5 Å². The Hall–Kier alpha value is -3.46. The van der Waals surface area contributed by atoms with Gasteiger partial charge in [-0.2, -0.15) is 0 Å². The molecule has 9 nitrogen and oxygen atoms in total. The Morgan fingerprint density at radius 2 is 1.97 bits per heavy atom. The zero-order valence-corrected chi connectivity index (χ0v) is 21.4. The van der Waals surface area contributed by atoms with Crippen LogP contribution in [0, 0.1) is 13.8 Å². The van der Waals surface area contributed by atoms with Crippen LogP contribution in [0.1, 0.15) is 25.1 Å². The van der Waals surface area contributed by atoms with Gasteiger partial charge in [0, 0.05) is 58.3 Å². The minimum Gasteiger partial charge on any atom is -0.374 e. The molecular weight excluding hydrogens is 442 g/mol. The molecule has 0 bridgehead atoms. The molecule has 1 N–H and O–H groups in total. The number of anilines is 3. The third-order valence-electron chi connectivity index (χ3n) is 6.41. The Labute approximate surface area is 206 Å². The summed E-state index contributed by atoms with van der Waals surface area (Å²) in [5.74, 6) is 2.41. The molecule has 35 heavy (non-hydrogen) atoms. The fourth-order valence-electron chi connectivity index (χ4n) is 4.55. The number of aryl methyl sites for hydroxylation is 2. The van der Waals surface area contributed by atoms with E-state index in [1.165, 1.54) is 0 Å². The third kappa shape index (κ3) is 5.00. The van der Waals surface area contributed by atoms with Crippen LogP contribution >= 0.6 is 0 Å². The van der Waals surface area contributed by atoms with Gasteiger partial charge in [-0.25, -0.2) is 15.0 Å². The first-order valence-electron chi connectivity index (χ1n) is 12.1. The van der Waals surface area contributed by atoms with Crippen molar-refractivity contribution in [2.45, 2.75) is 46.4 Å². The highest BCUT2D eigenvalue weighted by molar-refractivity contribution is 5.64. The van der Waals surface area contributed by atoms with Crippen LogP contribution in [0.2, 0.25) is 0 Å². The molecule has 4 rings (SSSR count). The molecule has 0 aliphatic carbocycles. The minimum absolute atomic E-state index is 0.0657. The number of ether oxygens (including phenoxy) is 1. The summed E-state index contributed by atoms with van der Waals surface area (Å²) in [5, 5.41) is 3.49. The van der Waals surface area contributed by atoms with Crippen LogP contribution in [-0.2, 0) is 11.3 Å². The van der Waals surface area contributed by atoms with Crippen molar-refractivity contribution >= 4 is 17.3 Å². The van der Waals surface area contributed by atoms with Crippen LogP contribution in [0.5, 0.6) is 0 Å². The van der Waals surface area contributed by atoms with Gasteiger partial charge in [-0.05, 0) is 51.5 Å². The molecule has 0 aromatic carbocycles. The number of pyridine rings is 2. The van der Waals surface area contributed by atoms with Crippen molar-refractivity contribution in [2.75, 3.05) is 48.9 Å². The summed E-state index contributed by atoms with van der Waals surface area (Å²) in [6.07, 6.45) is 3.53.